The van der Waals surface area contributed by atoms with Gasteiger partial charge in [-0.3, -0.25) is 0 Å². The van der Waals surface area contributed by atoms with E-state index in [-0.39, 0.29) is 5.92 Å². The van der Waals surface area contributed by atoms with Crippen molar-refractivity contribution in [2.75, 3.05) is 5.75 Å². The van der Waals surface area contributed by atoms with E-state index in [1.54, 1.807) is 13.8 Å². The van der Waals surface area contributed by atoms with E-state index >= 15 is 0 Å². The minimum atomic E-state index is -2.93. The molecule has 0 aromatic rings. The zero-order chi connectivity index (χ0) is 10.6. The molecule has 1 N–H and O–H groups in total. The van der Waals surface area contributed by atoms with Gasteiger partial charge in [0.15, 0.2) is 9.84 Å². The van der Waals surface area contributed by atoms with E-state index in [4.69, 9.17) is 0 Å². The minimum Gasteiger partial charge on any atom is -0.390 e. The van der Waals surface area contributed by atoms with Gasteiger partial charge in [-0.25, -0.2) is 8.42 Å². The summed E-state index contributed by atoms with van der Waals surface area (Å²) < 4.78 is 22.8. The third kappa shape index (κ3) is 1.48. The van der Waals surface area contributed by atoms with Gasteiger partial charge in [0, 0.05) is 0 Å². The molecule has 0 aromatic heterocycles. The lowest BCUT2D eigenvalue weighted by Crippen LogP contribution is -2.35. The quantitative estimate of drug-likeness (QED) is 0.755. The number of hydrogen-bond donors (Lipinski definition) is 1. The molecule has 2 aliphatic rings. The lowest BCUT2D eigenvalue weighted by atomic mass is 9.87. The predicted octanol–water partition coefficient (Wildman–Crippen LogP) is 1.11. The highest BCUT2D eigenvalue weighted by Gasteiger charge is 2.52. The number of rotatable bonds is 2. The van der Waals surface area contributed by atoms with Crippen LogP contribution in [0.2, 0.25) is 0 Å². The van der Waals surface area contributed by atoms with Gasteiger partial charge >= 0.3 is 0 Å². The van der Waals surface area contributed by atoms with E-state index in [1.165, 1.54) is 0 Å². The molecule has 82 valence electrons. The fourth-order valence-electron chi connectivity index (χ4n) is 2.32. The molecular weight excluding hydrogens is 200 g/mol. The molecule has 4 heteroatoms. The van der Waals surface area contributed by atoms with Crippen molar-refractivity contribution in [3.8, 4) is 0 Å². The number of sulfone groups is 1. The van der Waals surface area contributed by atoms with Crippen LogP contribution in [0.1, 0.15) is 39.5 Å². The van der Waals surface area contributed by atoms with Crippen molar-refractivity contribution in [2.24, 2.45) is 5.92 Å². The Hall–Kier alpha value is -0.0900. The molecule has 1 saturated carbocycles. The first-order valence-electron chi connectivity index (χ1n) is 5.22. The Morgan fingerprint density at radius 3 is 2.29 bits per heavy atom. The Kier molecular flexibility index (Phi) is 2.03. The van der Waals surface area contributed by atoms with Crippen LogP contribution in [0.5, 0.6) is 0 Å². The number of hydrogen-bond acceptors (Lipinski definition) is 3. The first kappa shape index (κ1) is 10.4. The average molecular weight is 218 g/mol. The summed E-state index contributed by atoms with van der Waals surface area (Å²) in [4.78, 5) is 0. The third-order valence-electron chi connectivity index (χ3n) is 3.97. The van der Waals surface area contributed by atoms with E-state index in [2.05, 4.69) is 0 Å². The van der Waals surface area contributed by atoms with E-state index in [0.717, 1.165) is 19.3 Å². The molecule has 1 saturated heterocycles. The van der Waals surface area contributed by atoms with E-state index < -0.39 is 20.2 Å². The van der Waals surface area contributed by atoms with Crippen molar-refractivity contribution in [1.29, 1.82) is 0 Å². The van der Waals surface area contributed by atoms with Crippen molar-refractivity contribution < 1.29 is 13.5 Å². The van der Waals surface area contributed by atoms with Crippen LogP contribution in [-0.2, 0) is 9.84 Å². The van der Waals surface area contributed by atoms with Crippen LogP contribution in [0.4, 0.5) is 0 Å². The van der Waals surface area contributed by atoms with Gasteiger partial charge in [-0.1, -0.05) is 0 Å². The molecule has 2 rings (SSSR count). The standard InChI is InChI=1S/C10H18O3S/c1-9(2)8(3-6-14(9,12)13)7-10(11)4-5-10/h8,11H,3-7H2,1-2H3. The van der Waals surface area contributed by atoms with Crippen molar-refractivity contribution in [3.63, 3.8) is 0 Å². The van der Waals surface area contributed by atoms with Gasteiger partial charge in [-0.15, -0.1) is 0 Å². The molecule has 1 aliphatic heterocycles. The second-order valence-corrected chi connectivity index (χ2v) is 8.03. The molecule has 3 nitrogen and oxygen atoms in total. The van der Waals surface area contributed by atoms with Crippen LogP contribution in [-0.4, -0.2) is 29.6 Å². The Morgan fingerprint density at radius 1 is 1.36 bits per heavy atom. The maximum atomic E-state index is 11.7. The van der Waals surface area contributed by atoms with E-state index in [1.807, 2.05) is 0 Å². The molecule has 1 heterocycles. The van der Waals surface area contributed by atoms with Crippen LogP contribution >= 0.6 is 0 Å². The molecule has 14 heavy (non-hydrogen) atoms. The summed E-state index contributed by atoms with van der Waals surface area (Å²) in [5.74, 6) is 0.431. The summed E-state index contributed by atoms with van der Waals surface area (Å²) in [6, 6.07) is 0. The van der Waals surface area contributed by atoms with Gasteiger partial charge in [0.1, 0.15) is 0 Å². The van der Waals surface area contributed by atoms with Crippen LogP contribution in [0.25, 0.3) is 0 Å². The first-order valence-corrected chi connectivity index (χ1v) is 6.87. The molecule has 1 aliphatic carbocycles. The van der Waals surface area contributed by atoms with Crippen molar-refractivity contribution in [2.45, 2.75) is 49.9 Å². The van der Waals surface area contributed by atoms with E-state index in [9.17, 15) is 13.5 Å². The molecule has 1 atom stereocenters. The highest BCUT2D eigenvalue weighted by atomic mass is 32.2. The summed E-state index contributed by atoms with van der Waals surface area (Å²) in [5, 5.41) is 9.80. The van der Waals surface area contributed by atoms with Gasteiger partial charge in [-0.05, 0) is 45.4 Å². The smallest absolute Gasteiger partial charge is 0.155 e. The van der Waals surface area contributed by atoms with Crippen molar-refractivity contribution in [1.82, 2.24) is 0 Å². The normalized spacial score (nSPS) is 36.9. The van der Waals surface area contributed by atoms with Gasteiger partial charge in [0.05, 0.1) is 16.1 Å². The van der Waals surface area contributed by atoms with Crippen LogP contribution in [0, 0.1) is 5.92 Å². The van der Waals surface area contributed by atoms with Gasteiger partial charge in [0.25, 0.3) is 0 Å². The molecule has 0 spiro atoms. The van der Waals surface area contributed by atoms with Crippen LogP contribution in [0.3, 0.4) is 0 Å². The zero-order valence-corrected chi connectivity index (χ0v) is 9.60. The highest BCUT2D eigenvalue weighted by molar-refractivity contribution is 7.93. The molecule has 1 unspecified atom stereocenters. The molecular formula is C10H18O3S. The maximum absolute atomic E-state index is 11.7. The van der Waals surface area contributed by atoms with Gasteiger partial charge < -0.3 is 5.11 Å². The summed E-state index contributed by atoms with van der Waals surface area (Å²) in [5.41, 5.74) is -0.526. The van der Waals surface area contributed by atoms with Crippen molar-refractivity contribution >= 4 is 9.84 Å². The fourth-order valence-corrected chi connectivity index (χ4v) is 4.15. The topological polar surface area (TPSA) is 54.4 Å². The second-order valence-electron chi connectivity index (χ2n) is 5.34. The average Bonchev–Trinajstić information content (AvgIpc) is 2.72. The summed E-state index contributed by atoms with van der Waals surface area (Å²) >= 11 is 0. The zero-order valence-electron chi connectivity index (χ0n) is 8.78. The van der Waals surface area contributed by atoms with Gasteiger partial charge in [-0.2, -0.15) is 0 Å². The summed E-state index contributed by atoms with van der Waals surface area (Å²) in [6.07, 6.45) is 3.08. The lowest BCUT2D eigenvalue weighted by Gasteiger charge is -2.27. The second kappa shape index (κ2) is 2.73. The maximum Gasteiger partial charge on any atom is 0.155 e. The predicted molar refractivity (Wildman–Crippen MR) is 54.8 cm³/mol. The monoisotopic (exact) mass is 218 g/mol. The Bertz CT molecular complexity index is 338. The molecule has 0 aromatic carbocycles. The lowest BCUT2D eigenvalue weighted by molar-refractivity contribution is 0.111. The molecule has 0 amide bonds. The Morgan fingerprint density at radius 2 is 1.93 bits per heavy atom. The molecule has 2 fully saturated rings. The van der Waals surface area contributed by atoms with Gasteiger partial charge in [0.2, 0.25) is 0 Å². The highest BCUT2D eigenvalue weighted by Crippen LogP contribution is 2.48. The summed E-state index contributed by atoms with van der Waals surface area (Å²) in [6.45, 7) is 3.59. The molecule has 0 radical (unpaired) electrons. The Labute approximate surface area is 85.4 Å². The molecule has 0 bridgehead atoms. The number of aliphatic hydroxyl groups is 1. The minimum absolute atomic E-state index is 0.139. The fraction of sp³-hybridized carbons (Fsp3) is 1.00. The van der Waals surface area contributed by atoms with Crippen LogP contribution in [0.15, 0.2) is 0 Å². The SMILES string of the molecule is CC1(C)C(CC2(O)CC2)CCS1(=O)=O. The largest absolute Gasteiger partial charge is 0.390 e. The first-order chi connectivity index (χ1) is 6.27. The third-order valence-corrected chi connectivity index (χ3v) is 6.68. The Balaban J connectivity index is 2.15. The van der Waals surface area contributed by atoms with Crippen LogP contribution < -0.4 is 0 Å². The summed E-state index contributed by atoms with van der Waals surface area (Å²) in [7, 11) is -2.93. The van der Waals surface area contributed by atoms with E-state index in [0.29, 0.717) is 12.2 Å². The van der Waals surface area contributed by atoms with Crippen molar-refractivity contribution in [3.05, 3.63) is 0 Å².